The summed E-state index contributed by atoms with van der Waals surface area (Å²) in [6, 6.07) is 5.51. The van der Waals surface area contributed by atoms with Crippen molar-refractivity contribution in [2.24, 2.45) is 0 Å². The first-order chi connectivity index (χ1) is 12.0. The fourth-order valence-electron chi connectivity index (χ4n) is 2.16. The minimum absolute atomic E-state index is 0.0530. The molecule has 0 saturated carbocycles. The number of aromatic nitrogens is 1. The van der Waals surface area contributed by atoms with Gasteiger partial charge in [0.05, 0.1) is 11.5 Å². The fraction of sp³-hybridized carbons (Fsp3) is 0.312. The van der Waals surface area contributed by atoms with Gasteiger partial charge < -0.3 is 14.6 Å². The highest BCUT2D eigenvalue weighted by Crippen LogP contribution is 2.16. The van der Waals surface area contributed by atoms with Crippen LogP contribution in [0.1, 0.15) is 40.6 Å². The zero-order valence-electron chi connectivity index (χ0n) is 13.9. The average Bonchev–Trinajstić information content (AvgIpc) is 3.08. The molecular weight excluding hydrogens is 328 g/mol. The van der Waals surface area contributed by atoms with Crippen LogP contribution >= 0.6 is 0 Å². The zero-order valence-corrected chi connectivity index (χ0v) is 13.9. The molecule has 0 aliphatic rings. The number of nitro benzene ring substituents is 1. The molecule has 0 radical (unpaired) electrons. The first kappa shape index (κ1) is 18.1. The second-order valence-electron chi connectivity index (χ2n) is 5.11. The molecule has 2 rings (SSSR count). The van der Waals surface area contributed by atoms with Gasteiger partial charge in [0, 0.05) is 30.8 Å². The van der Waals surface area contributed by atoms with Crippen LogP contribution in [0.2, 0.25) is 0 Å². The van der Waals surface area contributed by atoms with Crippen LogP contribution < -0.4 is 5.32 Å². The fourth-order valence-corrected chi connectivity index (χ4v) is 2.16. The summed E-state index contributed by atoms with van der Waals surface area (Å²) < 4.78 is 5.24. The van der Waals surface area contributed by atoms with E-state index in [1.807, 2.05) is 0 Å². The number of nitro groups is 1. The molecule has 0 atom stereocenters. The summed E-state index contributed by atoms with van der Waals surface area (Å²) in [5, 5.41) is 13.4. The van der Waals surface area contributed by atoms with Gasteiger partial charge in [-0.2, -0.15) is 0 Å². The summed E-state index contributed by atoms with van der Waals surface area (Å²) >= 11 is 0. The molecule has 0 aliphatic carbocycles. The zero-order chi connectivity index (χ0) is 18.4. The number of hydrogen-bond acceptors (Lipinski definition) is 6. The largest absolute Gasteiger partial charge is 0.446 e. The number of hydrogen-bond donors (Lipinski definition) is 1. The minimum Gasteiger partial charge on any atom is -0.446 e. The lowest BCUT2D eigenvalue weighted by atomic mass is 10.1. The van der Waals surface area contributed by atoms with Crippen molar-refractivity contribution in [2.75, 3.05) is 13.1 Å². The van der Waals surface area contributed by atoms with Crippen molar-refractivity contribution >= 4 is 17.5 Å². The van der Waals surface area contributed by atoms with Crippen LogP contribution in [-0.4, -0.2) is 39.7 Å². The number of nitrogens with zero attached hydrogens (tertiary/aromatic N) is 3. The molecule has 0 spiro atoms. The molecule has 0 saturated heterocycles. The van der Waals surface area contributed by atoms with Crippen LogP contribution in [0.5, 0.6) is 0 Å². The highest BCUT2D eigenvalue weighted by molar-refractivity contribution is 5.95. The topological polar surface area (TPSA) is 119 Å². The first-order valence-corrected chi connectivity index (χ1v) is 7.72. The van der Waals surface area contributed by atoms with Gasteiger partial charge in [-0.1, -0.05) is 6.07 Å². The van der Waals surface area contributed by atoms with Gasteiger partial charge in [0.15, 0.2) is 5.69 Å². The third kappa shape index (κ3) is 4.40. The van der Waals surface area contributed by atoms with Crippen LogP contribution in [0.3, 0.4) is 0 Å². The monoisotopic (exact) mass is 346 g/mol. The Morgan fingerprint density at radius 2 is 2.12 bits per heavy atom. The molecule has 25 heavy (non-hydrogen) atoms. The average molecular weight is 346 g/mol. The number of carbonyl (C=O) groups is 2. The molecule has 0 bridgehead atoms. The molecule has 2 amide bonds. The van der Waals surface area contributed by atoms with Gasteiger partial charge in [-0.15, -0.1) is 0 Å². The lowest BCUT2D eigenvalue weighted by molar-refractivity contribution is -0.384. The quantitative estimate of drug-likeness (QED) is 0.605. The maximum atomic E-state index is 12.6. The maximum Gasteiger partial charge on any atom is 0.273 e. The van der Waals surface area contributed by atoms with Gasteiger partial charge in [-0.3, -0.25) is 19.7 Å². The predicted molar refractivity (Wildman–Crippen MR) is 88.0 cm³/mol. The molecule has 0 aliphatic heterocycles. The number of non-ortho nitro benzene ring substituents is 1. The highest BCUT2D eigenvalue weighted by atomic mass is 16.6. The summed E-state index contributed by atoms with van der Waals surface area (Å²) in [5.74, 6) is -0.531. The third-order valence-corrected chi connectivity index (χ3v) is 3.42. The van der Waals surface area contributed by atoms with E-state index in [0.29, 0.717) is 13.1 Å². The van der Waals surface area contributed by atoms with E-state index >= 15 is 0 Å². The van der Waals surface area contributed by atoms with Gasteiger partial charge in [0.2, 0.25) is 5.89 Å². The van der Waals surface area contributed by atoms with E-state index in [0.717, 1.165) is 0 Å². The molecule has 2 aromatic rings. The van der Waals surface area contributed by atoms with Crippen LogP contribution in [0, 0.1) is 10.1 Å². The van der Waals surface area contributed by atoms with Gasteiger partial charge in [0.1, 0.15) is 6.26 Å². The summed E-state index contributed by atoms with van der Waals surface area (Å²) in [6.45, 7) is 4.42. The van der Waals surface area contributed by atoms with Crippen molar-refractivity contribution < 1.29 is 18.9 Å². The molecule has 1 N–H and O–H groups in total. The highest BCUT2D eigenvalue weighted by Gasteiger charge is 2.20. The molecule has 0 unspecified atom stereocenters. The molecule has 132 valence electrons. The minimum atomic E-state index is -0.556. The Balaban J connectivity index is 2.14. The molecule has 9 heteroatoms. The number of benzene rings is 1. The summed E-state index contributed by atoms with van der Waals surface area (Å²) in [5.41, 5.74) is 0.179. The van der Waals surface area contributed by atoms with E-state index in [-0.39, 0.29) is 41.2 Å². The Kier molecular flexibility index (Phi) is 5.83. The van der Waals surface area contributed by atoms with Crippen LogP contribution in [0.15, 0.2) is 34.9 Å². The molecule has 1 aromatic heterocycles. The summed E-state index contributed by atoms with van der Waals surface area (Å²) in [7, 11) is 0. The van der Waals surface area contributed by atoms with E-state index in [2.05, 4.69) is 10.3 Å². The van der Waals surface area contributed by atoms with E-state index in [4.69, 9.17) is 4.42 Å². The van der Waals surface area contributed by atoms with Crippen molar-refractivity contribution in [1.82, 2.24) is 15.2 Å². The number of carbonyl (C=O) groups excluding carboxylic acids is 2. The lowest BCUT2D eigenvalue weighted by Gasteiger charge is -2.19. The second-order valence-corrected chi connectivity index (χ2v) is 5.11. The molecule has 9 nitrogen and oxygen atoms in total. The third-order valence-electron chi connectivity index (χ3n) is 3.42. The SMILES string of the molecule is CCNC(=O)c1coc(CN(CC)C(=O)c2cccc([N+](=O)[O-])c2)n1. The van der Waals surface area contributed by atoms with Gasteiger partial charge in [-0.25, -0.2) is 4.98 Å². The number of amides is 2. The van der Waals surface area contributed by atoms with Gasteiger partial charge >= 0.3 is 0 Å². The smallest absolute Gasteiger partial charge is 0.273 e. The first-order valence-electron chi connectivity index (χ1n) is 7.72. The Morgan fingerprint density at radius 1 is 1.36 bits per heavy atom. The van der Waals surface area contributed by atoms with E-state index in [1.165, 1.54) is 35.4 Å². The molecule has 1 heterocycles. The summed E-state index contributed by atoms with van der Waals surface area (Å²) in [6.07, 6.45) is 1.23. The summed E-state index contributed by atoms with van der Waals surface area (Å²) in [4.78, 5) is 40.0. The standard InChI is InChI=1S/C16H18N4O5/c1-3-17-15(21)13-10-25-14(18-13)9-19(4-2)16(22)11-6-5-7-12(8-11)20(23)24/h5-8,10H,3-4,9H2,1-2H3,(H,17,21). The van der Waals surface area contributed by atoms with Gasteiger partial charge in [-0.05, 0) is 19.9 Å². The van der Waals surface area contributed by atoms with E-state index < -0.39 is 4.92 Å². The Morgan fingerprint density at radius 3 is 2.76 bits per heavy atom. The van der Waals surface area contributed by atoms with Crippen molar-refractivity contribution in [1.29, 1.82) is 0 Å². The predicted octanol–water partition coefficient (Wildman–Crippen LogP) is 1.99. The molecular formula is C16H18N4O5. The van der Waals surface area contributed by atoms with Crippen molar-refractivity contribution in [3.63, 3.8) is 0 Å². The van der Waals surface area contributed by atoms with Crippen LogP contribution in [-0.2, 0) is 6.54 Å². The molecule has 0 fully saturated rings. The maximum absolute atomic E-state index is 12.6. The normalized spacial score (nSPS) is 10.3. The van der Waals surface area contributed by atoms with Gasteiger partial charge in [0.25, 0.3) is 17.5 Å². The van der Waals surface area contributed by atoms with E-state index in [1.54, 1.807) is 13.8 Å². The van der Waals surface area contributed by atoms with Crippen molar-refractivity contribution in [2.45, 2.75) is 20.4 Å². The van der Waals surface area contributed by atoms with Crippen molar-refractivity contribution in [3.05, 3.63) is 57.8 Å². The number of oxazole rings is 1. The van der Waals surface area contributed by atoms with Crippen LogP contribution in [0.4, 0.5) is 5.69 Å². The number of rotatable bonds is 7. The lowest BCUT2D eigenvalue weighted by Crippen LogP contribution is -2.30. The number of nitrogens with one attached hydrogen (secondary N) is 1. The second kappa shape index (κ2) is 8.04. The van der Waals surface area contributed by atoms with Crippen molar-refractivity contribution in [3.8, 4) is 0 Å². The Labute approximate surface area is 143 Å². The van der Waals surface area contributed by atoms with E-state index in [9.17, 15) is 19.7 Å². The molecule has 1 aromatic carbocycles. The Hall–Kier alpha value is -3.23. The Bertz CT molecular complexity index is 786. The van der Waals surface area contributed by atoms with Crippen LogP contribution in [0.25, 0.3) is 0 Å².